The van der Waals surface area contributed by atoms with Gasteiger partial charge in [-0.1, -0.05) is 6.07 Å². The molecule has 2 aliphatic rings. The maximum absolute atomic E-state index is 13.6. The number of nitrogens with zero attached hydrogens (tertiary/aromatic N) is 6. The minimum Gasteiger partial charge on any atom is -0.496 e. The number of benzene rings is 1. The predicted molar refractivity (Wildman–Crippen MR) is 131 cm³/mol. The number of rotatable bonds is 4. The third kappa shape index (κ3) is 4.30. The molecule has 1 amide bonds. The van der Waals surface area contributed by atoms with E-state index in [2.05, 4.69) is 30.7 Å². The van der Waals surface area contributed by atoms with Crippen LogP contribution >= 0.6 is 0 Å². The van der Waals surface area contributed by atoms with Crippen LogP contribution in [-0.4, -0.2) is 52.1 Å². The molecule has 0 bridgehead atoms. The van der Waals surface area contributed by atoms with Crippen LogP contribution in [0.4, 0.5) is 5.82 Å². The molecule has 1 atom stereocenters. The van der Waals surface area contributed by atoms with Crippen LogP contribution in [0.3, 0.4) is 0 Å². The molecule has 0 spiro atoms. The predicted octanol–water partition coefficient (Wildman–Crippen LogP) is 4.46. The molecule has 34 heavy (non-hydrogen) atoms. The highest BCUT2D eigenvalue weighted by atomic mass is 16.5. The van der Waals surface area contributed by atoms with Gasteiger partial charge >= 0.3 is 0 Å². The summed E-state index contributed by atoms with van der Waals surface area (Å²) in [5, 5.41) is 11.4. The third-order valence-electron chi connectivity index (χ3n) is 6.87. The number of carbonyl (C=O) groups excluding carboxylic acids is 1. The molecule has 2 saturated heterocycles. The third-order valence-corrected chi connectivity index (χ3v) is 6.87. The highest BCUT2D eigenvalue weighted by Gasteiger charge is 2.32. The van der Waals surface area contributed by atoms with Gasteiger partial charge in [0.1, 0.15) is 11.6 Å². The minimum atomic E-state index is -0.0425. The van der Waals surface area contributed by atoms with Gasteiger partial charge in [-0.3, -0.25) is 4.79 Å². The van der Waals surface area contributed by atoms with Crippen molar-refractivity contribution in [1.29, 1.82) is 5.26 Å². The molecule has 1 unspecified atom stereocenters. The molecule has 2 fully saturated rings. The Labute approximate surface area is 200 Å². The van der Waals surface area contributed by atoms with E-state index in [0.717, 1.165) is 72.9 Å². The van der Waals surface area contributed by atoms with Crippen LogP contribution in [-0.2, 0) is 0 Å². The zero-order valence-corrected chi connectivity index (χ0v) is 20.2. The lowest BCUT2D eigenvalue weighted by Gasteiger charge is -2.35. The molecule has 0 N–H and O–H groups in total. The minimum absolute atomic E-state index is 0.0425. The summed E-state index contributed by atoms with van der Waals surface area (Å²) in [6, 6.07) is 7.69. The van der Waals surface area contributed by atoms with Crippen molar-refractivity contribution in [3.63, 3.8) is 0 Å². The highest BCUT2D eigenvalue weighted by Crippen LogP contribution is 2.34. The van der Waals surface area contributed by atoms with E-state index in [0.29, 0.717) is 5.56 Å². The van der Waals surface area contributed by atoms with E-state index in [1.807, 2.05) is 34.5 Å². The maximum Gasteiger partial charge on any atom is 0.254 e. The lowest BCUT2D eigenvalue weighted by atomic mass is 9.97. The lowest BCUT2D eigenvalue weighted by Crippen LogP contribution is -2.39. The van der Waals surface area contributed by atoms with E-state index >= 15 is 0 Å². The molecule has 2 aliphatic heterocycles. The van der Waals surface area contributed by atoms with Crippen LogP contribution in [0.1, 0.15) is 65.3 Å². The summed E-state index contributed by atoms with van der Waals surface area (Å²) >= 11 is 0. The van der Waals surface area contributed by atoms with Crippen molar-refractivity contribution >= 4 is 17.4 Å². The zero-order valence-electron chi connectivity index (χ0n) is 20.2. The van der Waals surface area contributed by atoms with Crippen molar-refractivity contribution in [2.45, 2.75) is 52.0 Å². The second kappa shape index (κ2) is 10.1. The average Bonchev–Trinajstić information content (AvgIpc) is 3.54. The Balaban J connectivity index is 0.00000133. The number of piperidine rings is 1. The first-order valence-corrected chi connectivity index (χ1v) is 11.9. The van der Waals surface area contributed by atoms with Crippen LogP contribution < -0.4 is 9.64 Å². The quantitative estimate of drug-likeness (QED) is 0.571. The smallest absolute Gasteiger partial charge is 0.254 e. The molecular weight excluding hydrogens is 428 g/mol. The van der Waals surface area contributed by atoms with E-state index in [4.69, 9.17) is 20.1 Å². The SMILES string of the molecule is C#N.COc1cccc(C(=O)N2CCCCC2c2cc3nc(N4CCCC4)c(C)cn3n2)c1C. The topological polar surface area (TPSA) is 86.8 Å². The fourth-order valence-electron chi connectivity index (χ4n) is 5.14. The number of likely N-dealkylation sites (tertiary alicyclic amines) is 1. The molecule has 0 saturated carbocycles. The number of nitriles is 1. The summed E-state index contributed by atoms with van der Waals surface area (Å²) in [7, 11) is 1.64. The Kier molecular flexibility index (Phi) is 7.01. The monoisotopic (exact) mass is 460 g/mol. The van der Waals surface area contributed by atoms with E-state index < -0.39 is 0 Å². The van der Waals surface area contributed by atoms with E-state index in [9.17, 15) is 4.79 Å². The largest absolute Gasteiger partial charge is 0.496 e. The van der Waals surface area contributed by atoms with Gasteiger partial charge in [0.25, 0.3) is 5.91 Å². The normalized spacial score (nSPS) is 18.0. The van der Waals surface area contributed by atoms with Gasteiger partial charge in [-0.25, -0.2) is 14.8 Å². The van der Waals surface area contributed by atoms with Gasteiger partial charge in [0.2, 0.25) is 0 Å². The number of aryl methyl sites for hydroxylation is 1. The lowest BCUT2D eigenvalue weighted by molar-refractivity contribution is 0.0604. The fourth-order valence-corrected chi connectivity index (χ4v) is 5.14. The van der Waals surface area contributed by atoms with Crippen molar-refractivity contribution in [2.75, 3.05) is 31.6 Å². The number of aromatic nitrogens is 3. The van der Waals surface area contributed by atoms with Crippen molar-refractivity contribution in [3.05, 3.63) is 52.8 Å². The highest BCUT2D eigenvalue weighted by molar-refractivity contribution is 5.96. The van der Waals surface area contributed by atoms with Crippen molar-refractivity contribution in [3.8, 4) is 12.3 Å². The van der Waals surface area contributed by atoms with Gasteiger partial charge in [-0.15, -0.1) is 0 Å². The average molecular weight is 461 g/mol. The Morgan fingerprint density at radius 2 is 1.85 bits per heavy atom. The van der Waals surface area contributed by atoms with Gasteiger partial charge in [-0.05, 0) is 58.1 Å². The molecule has 3 aromatic rings. The van der Waals surface area contributed by atoms with Gasteiger partial charge in [0.05, 0.1) is 18.8 Å². The number of anilines is 1. The molecule has 1 aromatic carbocycles. The number of methoxy groups -OCH3 is 1. The summed E-state index contributed by atoms with van der Waals surface area (Å²) in [4.78, 5) is 22.9. The summed E-state index contributed by atoms with van der Waals surface area (Å²) in [6.45, 7) is 10.4. The number of hydrogen-bond donors (Lipinski definition) is 0. The second-order valence-electron chi connectivity index (χ2n) is 8.96. The summed E-state index contributed by atoms with van der Waals surface area (Å²) in [5.74, 6) is 1.85. The second-order valence-corrected chi connectivity index (χ2v) is 8.96. The molecule has 2 aromatic heterocycles. The van der Waals surface area contributed by atoms with Gasteiger partial charge < -0.3 is 14.5 Å². The van der Waals surface area contributed by atoms with E-state index in [-0.39, 0.29) is 11.9 Å². The van der Waals surface area contributed by atoms with E-state index in [1.165, 1.54) is 12.8 Å². The molecular formula is C26H32N6O2. The van der Waals surface area contributed by atoms with Crippen molar-refractivity contribution in [2.24, 2.45) is 0 Å². The molecule has 8 nitrogen and oxygen atoms in total. The Bertz CT molecular complexity index is 1190. The van der Waals surface area contributed by atoms with Gasteiger partial charge in [0, 0.05) is 55.2 Å². The first-order chi connectivity index (χ1) is 16.6. The Morgan fingerprint density at radius 3 is 2.59 bits per heavy atom. The van der Waals surface area contributed by atoms with Crippen LogP contribution in [0, 0.1) is 25.7 Å². The Hall–Kier alpha value is -3.60. The molecule has 178 valence electrons. The zero-order chi connectivity index (χ0) is 24.2. The van der Waals surface area contributed by atoms with Crippen molar-refractivity contribution in [1.82, 2.24) is 19.5 Å². The standard InChI is InChI=1S/C25H31N5O2.CHN/c1-17-16-30-23(26-24(17)28-12-6-7-13-28)15-20(27-30)21-10-4-5-14-29(21)25(31)19-9-8-11-22(32-3)18(19)2;1-2/h8-9,11,15-16,21H,4-7,10,12-14H2,1-3H3;1H. The summed E-state index contributed by atoms with van der Waals surface area (Å²) in [6.07, 6.45) is 7.52. The molecule has 0 aliphatic carbocycles. The Morgan fingerprint density at radius 1 is 1.12 bits per heavy atom. The fraction of sp³-hybridized carbons (Fsp3) is 0.462. The van der Waals surface area contributed by atoms with Gasteiger partial charge in [-0.2, -0.15) is 5.10 Å². The maximum atomic E-state index is 13.6. The van der Waals surface area contributed by atoms with Gasteiger partial charge in [0.15, 0.2) is 5.65 Å². The molecule has 0 radical (unpaired) electrons. The number of carbonyl (C=O) groups is 1. The van der Waals surface area contributed by atoms with Crippen LogP contribution in [0.15, 0.2) is 30.5 Å². The number of amides is 1. The van der Waals surface area contributed by atoms with Crippen LogP contribution in [0.25, 0.3) is 5.65 Å². The first kappa shape index (κ1) is 23.6. The van der Waals surface area contributed by atoms with Crippen molar-refractivity contribution < 1.29 is 9.53 Å². The molecule has 5 rings (SSSR count). The number of ether oxygens (including phenoxy) is 1. The summed E-state index contributed by atoms with van der Waals surface area (Å²) < 4.78 is 7.31. The molecule has 4 heterocycles. The number of fused-ring (bicyclic) bond motifs is 1. The summed E-state index contributed by atoms with van der Waals surface area (Å²) in [5.41, 5.74) is 4.49. The van der Waals surface area contributed by atoms with Crippen LogP contribution in [0.5, 0.6) is 5.75 Å². The molecule has 8 heteroatoms. The van der Waals surface area contributed by atoms with Crippen LogP contribution in [0.2, 0.25) is 0 Å². The number of hydrogen-bond acceptors (Lipinski definition) is 6. The van der Waals surface area contributed by atoms with E-state index in [1.54, 1.807) is 7.11 Å². The first-order valence-electron chi connectivity index (χ1n) is 11.9.